The lowest BCUT2D eigenvalue weighted by atomic mass is 10.1. The van der Waals surface area contributed by atoms with E-state index in [1.165, 1.54) is 36.4 Å². The van der Waals surface area contributed by atoms with Gasteiger partial charge in [0.15, 0.2) is 0 Å². The Morgan fingerprint density at radius 2 is 1.86 bits per heavy atom. The second kappa shape index (κ2) is 9.34. The molecule has 3 rings (SSSR count). The number of aromatic nitrogens is 1. The van der Waals surface area contributed by atoms with Crippen LogP contribution < -0.4 is 14.2 Å². The molecule has 1 aliphatic heterocycles. The van der Waals surface area contributed by atoms with Gasteiger partial charge < -0.3 is 28.5 Å². The van der Waals surface area contributed by atoms with Crippen molar-refractivity contribution in [1.82, 2.24) is 14.8 Å². The van der Waals surface area contributed by atoms with Gasteiger partial charge in [0.05, 0.1) is 12.8 Å². The lowest BCUT2D eigenvalue weighted by Crippen LogP contribution is -2.51. The van der Waals surface area contributed by atoms with Crippen LogP contribution in [0.5, 0.6) is 11.6 Å². The number of methoxy groups -OCH3 is 1. The standard InChI is InChI=1S/C18H20N4O6S/c1-27-15-12-13(5-6-14(15)20-29(25)26)17(23)21-8-10-22(11-9-21)18(24)28-16-4-2-3-7-19-16/h2-7,12,20H,8-11H2,1H3,(H,25,26)/p-1. The van der Waals surface area contributed by atoms with E-state index >= 15 is 0 Å². The van der Waals surface area contributed by atoms with Gasteiger partial charge in [-0.2, -0.15) is 0 Å². The predicted molar refractivity (Wildman–Crippen MR) is 103 cm³/mol. The molecule has 2 aromatic rings. The third-order valence-electron chi connectivity index (χ3n) is 4.30. The smallest absolute Gasteiger partial charge is 0.416 e. The monoisotopic (exact) mass is 419 g/mol. The first-order valence-electron chi connectivity index (χ1n) is 8.69. The van der Waals surface area contributed by atoms with Crippen LogP contribution >= 0.6 is 0 Å². The number of hydrogen-bond donors (Lipinski definition) is 1. The van der Waals surface area contributed by atoms with Crippen molar-refractivity contribution in [3.8, 4) is 11.6 Å². The number of hydrogen-bond acceptors (Lipinski definition) is 7. The molecule has 0 spiro atoms. The summed E-state index contributed by atoms with van der Waals surface area (Å²) in [6.45, 7) is 1.32. The van der Waals surface area contributed by atoms with Crippen LogP contribution in [0.25, 0.3) is 0 Å². The highest BCUT2D eigenvalue weighted by molar-refractivity contribution is 7.80. The van der Waals surface area contributed by atoms with Gasteiger partial charge in [0.2, 0.25) is 5.88 Å². The molecule has 1 atom stereocenters. The average Bonchev–Trinajstić information content (AvgIpc) is 2.74. The van der Waals surface area contributed by atoms with Crippen LogP contribution in [0.4, 0.5) is 10.5 Å². The molecule has 0 saturated carbocycles. The second-order valence-corrected chi connectivity index (χ2v) is 6.74. The molecule has 1 aromatic carbocycles. The molecule has 2 amide bonds. The number of ether oxygens (including phenoxy) is 2. The molecule has 1 N–H and O–H groups in total. The van der Waals surface area contributed by atoms with Crippen LogP contribution in [-0.2, 0) is 11.3 Å². The minimum Gasteiger partial charge on any atom is -0.755 e. The lowest BCUT2D eigenvalue weighted by molar-refractivity contribution is 0.0631. The fourth-order valence-electron chi connectivity index (χ4n) is 2.83. The molecule has 0 bridgehead atoms. The van der Waals surface area contributed by atoms with Crippen LogP contribution in [0, 0.1) is 0 Å². The summed E-state index contributed by atoms with van der Waals surface area (Å²) in [5.74, 6) is 0.212. The molecule has 1 aliphatic rings. The van der Waals surface area contributed by atoms with Crippen molar-refractivity contribution in [2.24, 2.45) is 0 Å². The number of piperazine rings is 1. The highest BCUT2D eigenvalue weighted by Gasteiger charge is 2.26. The molecule has 0 aliphatic carbocycles. The van der Waals surface area contributed by atoms with Crippen molar-refractivity contribution < 1.29 is 27.8 Å². The number of benzene rings is 1. The van der Waals surface area contributed by atoms with E-state index in [0.717, 1.165) is 0 Å². The molecule has 10 nitrogen and oxygen atoms in total. The third kappa shape index (κ3) is 5.21. The molecule has 1 saturated heterocycles. The number of nitrogens with one attached hydrogen (secondary N) is 1. The van der Waals surface area contributed by atoms with Crippen LogP contribution in [0.1, 0.15) is 10.4 Å². The van der Waals surface area contributed by atoms with Crippen molar-refractivity contribution in [3.63, 3.8) is 0 Å². The van der Waals surface area contributed by atoms with Crippen molar-refractivity contribution >= 4 is 29.0 Å². The number of nitrogens with zero attached hydrogens (tertiary/aromatic N) is 3. The fourth-order valence-corrected chi connectivity index (χ4v) is 3.18. The molecule has 154 valence electrons. The number of amides is 2. The summed E-state index contributed by atoms with van der Waals surface area (Å²) in [5.41, 5.74) is 0.591. The second-order valence-electron chi connectivity index (χ2n) is 6.07. The van der Waals surface area contributed by atoms with E-state index in [2.05, 4.69) is 9.71 Å². The quantitative estimate of drug-likeness (QED) is 0.723. The molecule has 29 heavy (non-hydrogen) atoms. The Labute approximate surface area is 169 Å². The molecule has 11 heteroatoms. The molecular weight excluding hydrogens is 400 g/mol. The Morgan fingerprint density at radius 3 is 2.48 bits per heavy atom. The van der Waals surface area contributed by atoms with Gasteiger partial charge in [0, 0.05) is 55.3 Å². The van der Waals surface area contributed by atoms with Crippen molar-refractivity contribution in [1.29, 1.82) is 0 Å². The summed E-state index contributed by atoms with van der Waals surface area (Å²) in [6, 6.07) is 9.48. The SMILES string of the molecule is COc1cc(C(=O)N2CCN(C(=O)Oc3ccccn3)CC2)ccc1NS(=O)[O-]. The predicted octanol–water partition coefficient (Wildman–Crippen LogP) is 1.25. The average molecular weight is 419 g/mol. The van der Waals surface area contributed by atoms with E-state index in [1.807, 2.05) is 0 Å². The van der Waals surface area contributed by atoms with Crippen LogP contribution in [0.15, 0.2) is 42.6 Å². The van der Waals surface area contributed by atoms with Crippen molar-refractivity contribution in [2.75, 3.05) is 38.0 Å². The fraction of sp³-hybridized carbons (Fsp3) is 0.278. The molecule has 0 radical (unpaired) electrons. The van der Waals surface area contributed by atoms with E-state index in [0.29, 0.717) is 31.7 Å². The minimum atomic E-state index is -2.50. The van der Waals surface area contributed by atoms with Gasteiger partial charge in [-0.1, -0.05) is 6.07 Å². The molecule has 1 aromatic heterocycles. The zero-order valence-electron chi connectivity index (χ0n) is 15.6. The Bertz CT molecular complexity index is 902. The minimum absolute atomic E-state index is 0.218. The van der Waals surface area contributed by atoms with Gasteiger partial charge >= 0.3 is 6.09 Å². The topological polar surface area (TPSA) is 124 Å². The molecular formula is C18H19N4O6S-. The first-order chi connectivity index (χ1) is 14.0. The van der Waals surface area contributed by atoms with Crippen LogP contribution in [-0.4, -0.2) is 68.8 Å². The normalized spacial score (nSPS) is 14.8. The maximum Gasteiger partial charge on any atom is 0.416 e. The zero-order chi connectivity index (χ0) is 20.8. The maximum atomic E-state index is 12.8. The summed E-state index contributed by atoms with van der Waals surface area (Å²) in [7, 11) is 1.38. The van der Waals surface area contributed by atoms with E-state index in [9.17, 15) is 18.4 Å². The highest BCUT2D eigenvalue weighted by atomic mass is 32.2. The van der Waals surface area contributed by atoms with E-state index < -0.39 is 17.4 Å². The Balaban J connectivity index is 1.59. The number of anilines is 1. The first-order valence-corrected chi connectivity index (χ1v) is 9.76. The van der Waals surface area contributed by atoms with Crippen LogP contribution in [0.3, 0.4) is 0 Å². The summed E-state index contributed by atoms with van der Waals surface area (Å²) in [5, 5.41) is 0. The largest absolute Gasteiger partial charge is 0.755 e. The zero-order valence-corrected chi connectivity index (χ0v) is 16.4. The van der Waals surface area contributed by atoms with Gasteiger partial charge in [-0.3, -0.25) is 9.00 Å². The first kappa shape index (κ1) is 20.6. The summed E-state index contributed by atoms with van der Waals surface area (Å²) in [4.78, 5) is 32.0. The molecule has 1 fully saturated rings. The number of carbonyl (C=O) groups excluding carboxylic acids is 2. The molecule has 2 heterocycles. The van der Waals surface area contributed by atoms with E-state index in [-0.39, 0.29) is 23.2 Å². The summed E-state index contributed by atoms with van der Waals surface area (Å²) < 4.78 is 34.2. The Morgan fingerprint density at radius 1 is 1.14 bits per heavy atom. The van der Waals surface area contributed by atoms with Gasteiger partial charge in [-0.15, -0.1) is 0 Å². The third-order valence-corrected chi connectivity index (χ3v) is 4.68. The van der Waals surface area contributed by atoms with Crippen LogP contribution in [0.2, 0.25) is 0 Å². The molecule has 1 unspecified atom stereocenters. The van der Waals surface area contributed by atoms with Crippen molar-refractivity contribution in [3.05, 3.63) is 48.2 Å². The van der Waals surface area contributed by atoms with Gasteiger partial charge in [0.1, 0.15) is 5.75 Å². The Hall–Kier alpha value is -3.18. The van der Waals surface area contributed by atoms with Gasteiger partial charge in [-0.25, -0.2) is 9.78 Å². The van der Waals surface area contributed by atoms with Crippen molar-refractivity contribution in [2.45, 2.75) is 0 Å². The number of rotatable bonds is 5. The van der Waals surface area contributed by atoms with E-state index in [4.69, 9.17) is 9.47 Å². The summed E-state index contributed by atoms with van der Waals surface area (Å²) >= 11 is -2.50. The highest BCUT2D eigenvalue weighted by Crippen LogP contribution is 2.26. The van der Waals surface area contributed by atoms with Gasteiger partial charge in [0.25, 0.3) is 5.91 Å². The maximum absolute atomic E-state index is 12.8. The number of carbonyl (C=O) groups is 2. The van der Waals surface area contributed by atoms with Gasteiger partial charge in [-0.05, 0) is 24.3 Å². The summed E-state index contributed by atoms with van der Waals surface area (Å²) in [6.07, 6.45) is 1.02. The Kier molecular flexibility index (Phi) is 6.62. The lowest BCUT2D eigenvalue weighted by Gasteiger charge is -2.34. The van der Waals surface area contributed by atoms with E-state index in [1.54, 1.807) is 23.1 Å². The number of pyridine rings is 1.